The highest BCUT2D eigenvalue weighted by atomic mass is 19.4. The third kappa shape index (κ3) is 3.22. The molecule has 0 amide bonds. The Morgan fingerprint density at radius 3 is 2.50 bits per heavy atom. The molecule has 0 saturated heterocycles. The fourth-order valence-electron chi connectivity index (χ4n) is 3.36. The number of halogens is 3. The molecule has 1 N–H and O–H groups in total. The van der Waals surface area contributed by atoms with Gasteiger partial charge in [0.1, 0.15) is 0 Å². The molecule has 0 atom stereocenters. The predicted octanol–water partition coefficient (Wildman–Crippen LogP) is 5.71. The summed E-state index contributed by atoms with van der Waals surface area (Å²) in [6, 6.07) is 16.4. The van der Waals surface area contributed by atoms with Crippen LogP contribution in [0.3, 0.4) is 0 Å². The van der Waals surface area contributed by atoms with Crippen LogP contribution in [-0.4, -0.2) is 19.6 Å². The number of alkyl halides is 3. The summed E-state index contributed by atoms with van der Waals surface area (Å²) in [6.45, 7) is 0. The number of anilines is 2. The van der Waals surface area contributed by atoms with Gasteiger partial charge in [0.25, 0.3) is 0 Å². The van der Waals surface area contributed by atoms with Crippen LogP contribution in [0.25, 0.3) is 27.5 Å². The van der Waals surface area contributed by atoms with Gasteiger partial charge in [0.05, 0.1) is 5.56 Å². The number of fused-ring (bicyclic) bond motifs is 2. The molecule has 5 aromatic rings. The van der Waals surface area contributed by atoms with Crippen molar-refractivity contribution in [1.82, 2.24) is 19.6 Å². The monoisotopic (exact) mass is 405 g/mol. The molecule has 0 spiro atoms. The second-order valence-corrected chi connectivity index (χ2v) is 6.77. The van der Waals surface area contributed by atoms with Gasteiger partial charge < -0.3 is 5.32 Å². The van der Waals surface area contributed by atoms with E-state index < -0.39 is 11.7 Å². The zero-order chi connectivity index (χ0) is 20.7. The van der Waals surface area contributed by atoms with E-state index in [1.165, 1.54) is 12.1 Å². The standard InChI is InChI=1S/C22H14F3N5/c23-22(24,25)17-6-4-14(5-7-17)15-9-11-30-20(12-15)28-29-21(30)27-19-3-1-2-16-13-26-10-8-18(16)19/h1-13H,(H,27,29). The molecule has 0 unspecified atom stereocenters. The Morgan fingerprint density at radius 1 is 0.867 bits per heavy atom. The molecule has 0 bridgehead atoms. The maximum atomic E-state index is 12.8. The Morgan fingerprint density at radius 2 is 1.70 bits per heavy atom. The lowest BCUT2D eigenvalue weighted by molar-refractivity contribution is -0.137. The molecule has 0 aliphatic rings. The number of aromatic nitrogens is 4. The zero-order valence-corrected chi connectivity index (χ0v) is 15.4. The van der Waals surface area contributed by atoms with Crippen molar-refractivity contribution in [3.05, 3.63) is 84.8 Å². The highest BCUT2D eigenvalue weighted by Gasteiger charge is 2.30. The van der Waals surface area contributed by atoms with Crippen molar-refractivity contribution in [1.29, 1.82) is 0 Å². The zero-order valence-electron chi connectivity index (χ0n) is 15.4. The molecule has 8 heteroatoms. The molecule has 0 aliphatic heterocycles. The summed E-state index contributed by atoms with van der Waals surface area (Å²) in [6.07, 6.45) is 0.954. The van der Waals surface area contributed by atoms with E-state index in [0.29, 0.717) is 17.2 Å². The van der Waals surface area contributed by atoms with Gasteiger partial charge in [0.2, 0.25) is 5.95 Å². The van der Waals surface area contributed by atoms with Crippen LogP contribution in [-0.2, 0) is 6.18 Å². The number of rotatable bonds is 3. The number of hydrogen-bond donors (Lipinski definition) is 1. The lowest BCUT2D eigenvalue weighted by Gasteiger charge is -2.09. The van der Waals surface area contributed by atoms with Gasteiger partial charge in [0, 0.05) is 35.1 Å². The lowest BCUT2D eigenvalue weighted by atomic mass is 10.0. The first kappa shape index (κ1) is 18.1. The summed E-state index contributed by atoms with van der Waals surface area (Å²) in [5.41, 5.74) is 2.20. The Balaban J connectivity index is 1.48. The van der Waals surface area contributed by atoms with Crippen LogP contribution in [0.5, 0.6) is 0 Å². The number of hydrogen-bond acceptors (Lipinski definition) is 4. The largest absolute Gasteiger partial charge is 0.416 e. The smallest absolute Gasteiger partial charge is 0.323 e. The molecule has 3 aromatic heterocycles. The molecule has 0 aliphatic carbocycles. The highest BCUT2D eigenvalue weighted by molar-refractivity contribution is 5.94. The topological polar surface area (TPSA) is 55.1 Å². The SMILES string of the molecule is FC(F)(F)c1ccc(-c2ccn3c(Nc4cccc5cnccc45)nnc3c2)cc1. The summed E-state index contributed by atoms with van der Waals surface area (Å²) >= 11 is 0. The Bertz CT molecular complexity index is 1350. The molecular weight excluding hydrogens is 391 g/mol. The molecular formula is C22H14F3N5. The molecule has 0 saturated carbocycles. The molecule has 0 radical (unpaired) electrons. The van der Waals surface area contributed by atoms with E-state index in [1.807, 2.05) is 30.3 Å². The van der Waals surface area contributed by atoms with Gasteiger partial charge in [-0.05, 0) is 47.5 Å². The van der Waals surface area contributed by atoms with E-state index >= 15 is 0 Å². The van der Waals surface area contributed by atoms with Crippen LogP contribution in [0.2, 0.25) is 0 Å². The normalized spacial score (nSPS) is 11.8. The van der Waals surface area contributed by atoms with Crippen molar-refractivity contribution < 1.29 is 13.2 Å². The molecule has 30 heavy (non-hydrogen) atoms. The number of nitrogens with one attached hydrogen (secondary N) is 1. The van der Waals surface area contributed by atoms with Crippen molar-refractivity contribution >= 4 is 28.1 Å². The van der Waals surface area contributed by atoms with Crippen molar-refractivity contribution in [2.24, 2.45) is 0 Å². The molecule has 5 rings (SSSR count). The van der Waals surface area contributed by atoms with Crippen LogP contribution in [0, 0.1) is 0 Å². The van der Waals surface area contributed by atoms with Crippen LogP contribution in [0.4, 0.5) is 24.8 Å². The number of nitrogens with zero attached hydrogens (tertiary/aromatic N) is 4. The van der Waals surface area contributed by atoms with E-state index in [0.717, 1.165) is 34.2 Å². The molecule has 0 fully saturated rings. The minimum Gasteiger partial charge on any atom is -0.323 e. The minimum absolute atomic E-state index is 0.535. The molecule has 3 heterocycles. The van der Waals surface area contributed by atoms with E-state index in [-0.39, 0.29) is 0 Å². The summed E-state index contributed by atoms with van der Waals surface area (Å²) < 4.78 is 40.1. The summed E-state index contributed by atoms with van der Waals surface area (Å²) in [7, 11) is 0. The highest BCUT2D eigenvalue weighted by Crippen LogP contribution is 2.31. The number of benzene rings is 2. The second kappa shape index (κ2) is 6.84. The van der Waals surface area contributed by atoms with Crippen LogP contribution >= 0.6 is 0 Å². The first-order valence-electron chi connectivity index (χ1n) is 9.11. The van der Waals surface area contributed by atoms with Gasteiger partial charge in [-0.3, -0.25) is 9.38 Å². The van der Waals surface area contributed by atoms with E-state index in [9.17, 15) is 13.2 Å². The second-order valence-electron chi connectivity index (χ2n) is 6.77. The molecule has 148 valence electrons. The summed E-state index contributed by atoms with van der Waals surface area (Å²) in [4.78, 5) is 4.13. The first-order chi connectivity index (χ1) is 14.5. The Hall–Kier alpha value is -3.94. The minimum atomic E-state index is -4.35. The van der Waals surface area contributed by atoms with Crippen LogP contribution in [0.1, 0.15) is 5.56 Å². The fourth-order valence-corrected chi connectivity index (χ4v) is 3.36. The van der Waals surface area contributed by atoms with Crippen molar-refractivity contribution in [2.45, 2.75) is 6.18 Å². The van der Waals surface area contributed by atoms with Gasteiger partial charge in [-0.15, -0.1) is 10.2 Å². The Kier molecular flexibility index (Phi) is 4.13. The molecule has 2 aromatic carbocycles. The third-order valence-corrected chi connectivity index (χ3v) is 4.88. The van der Waals surface area contributed by atoms with Gasteiger partial charge in [-0.25, -0.2) is 0 Å². The average molecular weight is 405 g/mol. The maximum Gasteiger partial charge on any atom is 0.416 e. The third-order valence-electron chi connectivity index (χ3n) is 4.88. The van der Waals surface area contributed by atoms with E-state index in [4.69, 9.17) is 0 Å². The quantitative estimate of drug-likeness (QED) is 0.418. The van der Waals surface area contributed by atoms with Crippen LogP contribution < -0.4 is 5.32 Å². The average Bonchev–Trinajstić information content (AvgIpc) is 3.15. The Labute approximate surface area is 168 Å². The van der Waals surface area contributed by atoms with E-state index in [1.54, 1.807) is 29.1 Å². The van der Waals surface area contributed by atoms with Gasteiger partial charge in [-0.2, -0.15) is 13.2 Å². The first-order valence-corrected chi connectivity index (χ1v) is 9.11. The van der Waals surface area contributed by atoms with Gasteiger partial charge in [-0.1, -0.05) is 24.3 Å². The predicted molar refractivity (Wildman–Crippen MR) is 108 cm³/mol. The van der Waals surface area contributed by atoms with Crippen molar-refractivity contribution in [3.8, 4) is 11.1 Å². The fraction of sp³-hybridized carbons (Fsp3) is 0.0455. The van der Waals surface area contributed by atoms with Gasteiger partial charge >= 0.3 is 6.18 Å². The number of pyridine rings is 2. The lowest BCUT2D eigenvalue weighted by Crippen LogP contribution is -2.04. The summed E-state index contributed by atoms with van der Waals surface area (Å²) in [5.74, 6) is 0.535. The van der Waals surface area contributed by atoms with Crippen molar-refractivity contribution in [3.63, 3.8) is 0 Å². The van der Waals surface area contributed by atoms with Gasteiger partial charge in [0.15, 0.2) is 5.65 Å². The summed E-state index contributed by atoms with van der Waals surface area (Å²) in [5, 5.41) is 13.7. The maximum absolute atomic E-state index is 12.8. The van der Waals surface area contributed by atoms with E-state index in [2.05, 4.69) is 20.5 Å². The molecule has 5 nitrogen and oxygen atoms in total. The van der Waals surface area contributed by atoms with Crippen LogP contribution in [0.15, 0.2) is 79.3 Å². The van der Waals surface area contributed by atoms with Crippen molar-refractivity contribution in [2.75, 3.05) is 5.32 Å².